The third-order valence-electron chi connectivity index (χ3n) is 2.23. The van der Waals surface area contributed by atoms with E-state index in [1.165, 1.54) is 0 Å². The van der Waals surface area contributed by atoms with Crippen molar-refractivity contribution in [2.24, 2.45) is 0 Å². The lowest BCUT2D eigenvalue weighted by Crippen LogP contribution is -2.04. The summed E-state index contributed by atoms with van der Waals surface area (Å²) >= 11 is 0. The first-order valence-electron chi connectivity index (χ1n) is 4.72. The summed E-state index contributed by atoms with van der Waals surface area (Å²) in [5, 5.41) is 18.8. The Hall–Kier alpha value is -0.940. The number of hydrogen-bond donors (Lipinski definition) is 2. The molecule has 5 heteroatoms. The standard InChI is InChI=1S/C10H15NO3S/c1-3-15(14)6-8-4-11-7(2)10(13)9(8)5-12/h4,12-13H,3,5-6H2,1-2H3. The normalized spacial score (nSPS) is 12.7. The predicted molar refractivity (Wildman–Crippen MR) is 58.9 cm³/mol. The molecule has 1 heterocycles. The molecule has 0 amide bonds. The summed E-state index contributed by atoms with van der Waals surface area (Å²) in [4.78, 5) is 3.98. The van der Waals surface area contributed by atoms with E-state index in [0.29, 0.717) is 28.3 Å². The van der Waals surface area contributed by atoms with Gasteiger partial charge in [-0.25, -0.2) is 0 Å². The second-order valence-electron chi connectivity index (χ2n) is 3.23. The molecular formula is C10H15NO3S. The van der Waals surface area contributed by atoms with Crippen LogP contribution in [-0.2, 0) is 23.2 Å². The quantitative estimate of drug-likeness (QED) is 0.803. The first-order valence-corrected chi connectivity index (χ1v) is 6.21. The first kappa shape index (κ1) is 12.1. The van der Waals surface area contributed by atoms with Crippen molar-refractivity contribution >= 4 is 10.8 Å². The Morgan fingerprint density at radius 3 is 2.73 bits per heavy atom. The Labute approximate surface area is 91.4 Å². The topological polar surface area (TPSA) is 70.4 Å². The average Bonchev–Trinajstić information content (AvgIpc) is 2.24. The Morgan fingerprint density at radius 2 is 2.20 bits per heavy atom. The lowest BCUT2D eigenvalue weighted by atomic mass is 10.1. The lowest BCUT2D eigenvalue weighted by molar-refractivity contribution is 0.274. The molecule has 4 nitrogen and oxygen atoms in total. The van der Waals surface area contributed by atoms with Crippen LogP contribution in [-0.4, -0.2) is 25.2 Å². The number of nitrogens with zero attached hydrogens (tertiary/aromatic N) is 1. The second-order valence-corrected chi connectivity index (χ2v) is 4.97. The van der Waals surface area contributed by atoms with E-state index in [2.05, 4.69) is 4.98 Å². The largest absolute Gasteiger partial charge is 0.506 e. The van der Waals surface area contributed by atoms with Crippen LogP contribution in [0.5, 0.6) is 5.75 Å². The maximum absolute atomic E-state index is 11.4. The van der Waals surface area contributed by atoms with Crippen LogP contribution in [0.3, 0.4) is 0 Å². The van der Waals surface area contributed by atoms with E-state index < -0.39 is 10.8 Å². The number of pyridine rings is 1. The minimum absolute atomic E-state index is 0.00287. The van der Waals surface area contributed by atoms with Gasteiger partial charge in [0, 0.05) is 28.3 Å². The van der Waals surface area contributed by atoms with Gasteiger partial charge in [0.1, 0.15) is 5.75 Å². The van der Waals surface area contributed by atoms with Crippen molar-refractivity contribution in [3.63, 3.8) is 0 Å². The highest BCUT2D eigenvalue weighted by Crippen LogP contribution is 2.24. The summed E-state index contributed by atoms with van der Waals surface area (Å²) in [7, 11) is -0.967. The molecule has 1 aromatic rings. The Balaban J connectivity index is 3.07. The molecule has 0 bridgehead atoms. The van der Waals surface area contributed by atoms with E-state index in [9.17, 15) is 9.32 Å². The van der Waals surface area contributed by atoms with Crippen molar-refractivity contribution < 1.29 is 14.4 Å². The van der Waals surface area contributed by atoms with Crippen LogP contribution in [0.1, 0.15) is 23.7 Å². The molecule has 0 aromatic carbocycles. The molecule has 15 heavy (non-hydrogen) atoms. The summed E-state index contributed by atoms with van der Waals surface area (Å²) in [6.07, 6.45) is 1.56. The van der Waals surface area contributed by atoms with Gasteiger partial charge in [0.25, 0.3) is 0 Å². The molecule has 1 aromatic heterocycles. The smallest absolute Gasteiger partial charge is 0.142 e. The molecule has 0 spiro atoms. The van der Waals surface area contributed by atoms with Crippen LogP contribution in [0, 0.1) is 6.92 Å². The van der Waals surface area contributed by atoms with Gasteiger partial charge in [-0.3, -0.25) is 9.19 Å². The number of rotatable bonds is 4. The number of aliphatic hydroxyl groups excluding tert-OH is 1. The molecule has 0 fully saturated rings. The van der Waals surface area contributed by atoms with E-state index in [1.54, 1.807) is 13.1 Å². The van der Waals surface area contributed by atoms with E-state index in [0.717, 1.165) is 0 Å². The monoisotopic (exact) mass is 229 g/mol. The number of aliphatic hydroxyl groups is 1. The fraction of sp³-hybridized carbons (Fsp3) is 0.500. The van der Waals surface area contributed by atoms with E-state index in [-0.39, 0.29) is 12.4 Å². The molecule has 0 saturated carbocycles. The zero-order valence-corrected chi connectivity index (χ0v) is 9.67. The fourth-order valence-electron chi connectivity index (χ4n) is 1.26. The average molecular weight is 229 g/mol. The van der Waals surface area contributed by atoms with Gasteiger partial charge in [-0.05, 0) is 12.5 Å². The molecule has 1 unspecified atom stereocenters. The third kappa shape index (κ3) is 2.76. The predicted octanol–water partition coefficient (Wildman–Crippen LogP) is 0.857. The van der Waals surface area contributed by atoms with Crippen LogP contribution in [0.25, 0.3) is 0 Å². The molecular weight excluding hydrogens is 214 g/mol. The summed E-state index contributed by atoms with van der Waals surface area (Å²) < 4.78 is 11.4. The Kier molecular flexibility index (Phi) is 4.23. The van der Waals surface area contributed by atoms with E-state index in [1.807, 2.05) is 6.92 Å². The highest BCUT2D eigenvalue weighted by molar-refractivity contribution is 7.84. The molecule has 1 atom stereocenters. The van der Waals surface area contributed by atoms with E-state index >= 15 is 0 Å². The maximum atomic E-state index is 11.4. The minimum atomic E-state index is -0.967. The number of aromatic hydroxyl groups is 1. The van der Waals surface area contributed by atoms with Gasteiger partial charge < -0.3 is 10.2 Å². The van der Waals surface area contributed by atoms with Crippen molar-refractivity contribution in [1.82, 2.24) is 4.98 Å². The maximum Gasteiger partial charge on any atom is 0.142 e. The Morgan fingerprint density at radius 1 is 1.53 bits per heavy atom. The Bertz CT molecular complexity index is 379. The fourth-order valence-corrected chi connectivity index (χ4v) is 2.06. The summed E-state index contributed by atoms with van der Waals surface area (Å²) in [5.74, 6) is 0.885. The lowest BCUT2D eigenvalue weighted by Gasteiger charge is -2.09. The highest BCUT2D eigenvalue weighted by Gasteiger charge is 2.12. The summed E-state index contributed by atoms with van der Waals surface area (Å²) in [6.45, 7) is 3.23. The number of aromatic nitrogens is 1. The van der Waals surface area contributed by atoms with Crippen molar-refractivity contribution in [2.75, 3.05) is 5.75 Å². The molecule has 0 aliphatic carbocycles. The summed E-state index contributed by atoms with van der Waals surface area (Å²) in [5.41, 5.74) is 1.56. The van der Waals surface area contributed by atoms with Crippen molar-refractivity contribution in [3.8, 4) is 5.75 Å². The van der Waals surface area contributed by atoms with Crippen molar-refractivity contribution in [2.45, 2.75) is 26.2 Å². The van der Waals surface area contributed by atoms with Crippen LogP contribution in [0.4, 0.5) is 0 Å². The summed E-state index contributed by atoms with van der Waals surface area (Å²) in [6, 6.07) is 0. The third-order valence-corrected chi connectivity index (χ3v) is 3.50. The van der Waals surface area contributed by atoms with Gasteiger partial charge in [0.05, 0.1) is 18.1 Å². The van der Waals surface area contributed by atoms with Gasteiger partial charge in [-0.1, -0.05) is 6.92 Å². The number of hydrogen-bond acceptors (Lipinski definition) is 4. The van der Waals surface area contributed by atoms with Crippen LogP contribution < -0.4 is 0 Å². The zero-order chi connectivity index (χ0) is 11.4. The molecule has 84 valence electrons. The molecule has 0 radical (unpaired) electrons. The first-order chi connectivity index (χ1) is 7.10. The SMILES string of the molecule is CCS(=O)Cc1cnc(C)c(O)c1CO. The number of aryl methyl sites for hydroxylation is 1. The van der Waals surface area contributed by atoms with Crippen LogP contribution in [0.15, 0.2) is 6.20 Å². The molecule has 0 aliphatic heterocycles. The van der Waals surface area contributed by atoms with Gasteiger partial charge in [0.2, 0.25) is 0 Å². The second kappa shape index (κ2) is 5.23. The van der Waals surface area contributed by atoms with Crippen molar-refractivity contribution in [3.05, 3.63) is 23.0 Å². The van der Waals surface area contributed by atoms with Gasteiger partial charge >= 0.3 is 0 Å². The van der Waals surface area contributed by atoms with Crippen molar-refractivity contribution in [1.29, 1.82) is 0 Å². The minimum Gasteiger partial charge on any atom is -0.506 e. The molecule has 0 aliphatic rings. The van der Waals surface area contributed by atoms with Gasteiger partial charge in [-0.2, -0.15) is 0 Å². The van der Waals surface area contributed by atoms with Gasteiger partial charge in [-0.15, -0.1) is 0 Å². The van der Waals surface area contributed by atoms with E-state index in [4.69, 9.17) is 5.11 Å². The molecule has 2 N–H and O–H groups in total. The van der Waals surface area contributed by atoms with Gasteiger partial charge in [0.15, 0.2) is 0 Å². The molecule has 0 saturated heterocycles. The van der Waals surface area contributed by atoms with Crippen LogP contribution >= 0.6 is 0 Å². The highest BCUT2D eigenvalue weighted by atomic mass is 32.2. The van der Waals surface area contributed by atoms with Crippen LogP contribution in [0.2, 0.25) is 0 Å². The zero-order valence-electron chi connectivity index (χ0n) is 8.86. The molecule has 1 rings (SSSR count).